The van der Waals surface area contributed by atoms with E-state index in [9.17, 15) is 4.79 Å². The summed E-state index contributed by atoms with van der Waals surface area (Å²) < 4.78 is 1.82. The van der Waals surface area contributed by atoms with Gasteiger partial charge in [0.1, 0.15) is 5.82 Å². The van der Waals surface area contributed by atoms with E-state index in [-0.39, 0.29) is 36.1 Å². The highest BCUT2D eigenvalue weighted by molar-refractivity contribution is 5.91. The van der Waals surface area contributed by atoms with Crippen LogP contribution in [0.1, 0.15) is 26.5 Å². The first-order valence-corrected chi connectivity index (χ1v) is 8.82. The number of amides is 1. The number of carbonyl (C=O) groups excluding carboxylic acids is 1. The second-order valence-electron chi connectivity index (χ2n) is 7.49. The van der Waals surface area contributed by atoms with Crippen LogP contribution in [-0.4, -0.2) is 53.3 Å². The first kappa shape index (κ1) is 23.4. The van der Waals surface area contributed by atoms with Crippen molar-refractivity contribution >= 4 is 36.5 Å². The molecule has 1 aromatic heterocycles. The Morgan fingerprint density at radius 3 is 2.37 bits per heavy atom. The Bertz CT molecular complexity index is 721. The number of nitrogens with zero attached hydrogens (tertiary/aromatic N) is 3. The SMILES string of the molecule is CC(C)(C)c1cc(NC(=O)CN2CCNCC2)n(-c2ccccc2)n1.Cl.Cl. The van der Waals surface area contributed by atoms with Crippen molar-refractivity contribution in [2.45, 2.75) is 26.2 Å². The van der Waals surface area contributed by atoms with Gasteiger partial charge in [-0.15, -0.1) is 24.8 Å². The maximum Gasteiger partial charge on any atom is 0.239 e. The van der Waals surface area contributed by atoms with Crippen molar-refractivity contribution in [1.29, 1.82) is 0 Å². The third kappa shape index (κ3) is 6.21. The molecule has 0 aliphatic carbocycles. The van der Waals surface area contributed by atoms with Gasteiger partial charge in [-0.3, -0.25) is 9.69 Å². The van der Waals surface area contributed by atoms with Gasteiger partial charge in [0.25, 0.3) is 0 Å². The van der Waals surface area contributed by atoms with Gasteiger partial charge in [-0.05, 0) is 12.1 Å². The minimum absolute atomic E-state index is 0. The predicted octanol–water partition coefficient (Wildman–Crippen LogP) is 2.86. The number of anilines is 1. The van der Waals surface area contributed by atoms with Crippen molar-refractivity contribution in [2.75, 3.05) is 38.0 Å². The highest BCUT2D eigenvalue weighted by atomic mass is 35.5. The standard InChI is InChI=1S/C19H27N5O.2ClH/c1-19(2,3)16-13-17(24(22-16)15-7-5-4-6-8-15)21-18(25)14-23-11-9-20-10-12-23;;/h4-8,13,20H,9-12,14H2,1-3H3,(H,21,25);2*1H. The van der Waals surface area contributed by atoms with Gasteiger partial charge in [-0.2, -0.15) is 5.10 Å². The predicted molar refractivity (Wildman–Crippen MR) is 115 cm³/mol. The second-order valence-corrected chi connectivity index (χ2v) is 7.49. The number of para-hydroxylation sites is 1. The molecule has 1 amide bonds. The van der Waals surface area contributed by atoms with E-state index in [0.29, 0.717) is 6.54 Å². The lowest BCUT2D eigenvalue weighted by Crippen LogP contribution is -2.46. The number of halogens is 2. The zero-order valence-corrected chi connectivity index (χ0v) is 17.7. The zero-order chi connectivity index (χ0) is 17.9. The van der Waals surface area contributed by atoms with E-state index < -0.39 is 0 Å². The van der Waals surface area contributed by atoms with E-state index in [0.717, 1.165) is 43.4 Å². The molecular weight excluding hydrogens is 385 g/mol. The lowest BCUT2D eigenvalue weighted by molar-refractivity contribution is -0.117. The molecule has 0 bridgehead atoms. The number of carbonyl (C=O) groups is 1. The highest BCUT2D eigenvalue weighted by Gasteiger charge is 2.22. The third-order valence-electron chi connectivity index (χ3n) is 4.32. The topological polar surface area (TPSA) is 62.2 Å². The summed E-state index contributed by atoms with van der Waals surface area (Å²) in [5.74, 6) is 0.718. The first-order valence-electron chi connectivity index (χ1n) is 8.82. The Labute approximate surface area is 173 Å². The summed E-state index contributed by atoms with van der Waals surface area (Å²) in [5.41, 5.74) is 1.81. The molecule has 1 fully saturated rings. The molecule has 0 atom stereocenters. The van der Waals surface area contributed by atoms with Gasteiger partial charge in [0.2, 0.25) is 5.91 Å². The van der Waals surface area contributed by atoms with Crippen LogP contribution in [0.25, 0.3) is 5.69 Å². The summed E-state index contributed by atoms with van der Waals surface area (Å²) in [6.07, 6.45) is 0. The maximum atomic E-state index is 12.5. The molecule has 2 N–H and O–H groups in total. The van der Waals surface area contributed by atoms with E-state index in [1.165, 1.54) is 0 Å². The lowest BCUT2D eigenvalue weighted by atomic mass is 9.92. The van der Waals surface area contributed by atoms with Gasteiger partial charge in [-0.25, -0.2) is 4.68 Å². The van der Waals surface area contributed by atoms with Crippen LogP contribution in [0.2, 0.25) is 0 Å². The third-order valence-corrected chi connectivity index (χ3v) is 4.32. The van der Waals surface area contributed by atoms with Crippen LogP contribution < -0.4 is 10.6 Å². The number of nitrogens with one attached hydrogen (secondary N) is 2. The van der Waals surface area contributed by atoms with Crippen LogP contribution in [0.5, 0.6) is 0 Å². The molecule has 1 aliphatic heterocycles. The normalized spacial score (nSPS) is 14.8. The van der Waals surface area contributed by atoms with Crippen molar-refractivity contribution in [2.24, 2.45) is 0 Å². The molecule has 1 saturated heterocycles. The molecule has 1 aliphatic rings. The fourth-order valence-electron chi connectivity index (χ4n) is 2.86. The number of rotatable bonds is 4. The molecule has 8 heteroatoms. The van der Waals surface area contributed by atoms with Gasteiger partial charge in [0.05, 0.1) is 17.9 Å². The summed E-state index contributed by atoms with van der Waals surface area (Å²) in [4.78, 5) is 14.7. The highest BCUT2D eigenvalue weighted by Crippen LogP contribution is 2.26. The van der Waals surface area contributed by atoms with Crippen LogP contribution in [0, 0.1) is 0 Å². The lowest BCUT2D eigenvalue weighted by Gasteiger charge is -2.26. The minimum atomic E-state index is -0.0853. The Morgan fingerprint density at radius 1 is 1.15 bits per heavy atom. The largest absolute Gasteiger partial charge is 0.314 e. The minimum Gasteiger partial charge on any atom is -0.314 e. The summed E-state index contributed by atoms with van der Waals surface area (Å²) in [7, 11) is 0. The van der Waals surface area contributed by atoms with Gasteiger partial charge in [0.15, 0.2) is 0 Å². The van der Waals surface area contributed by atoms with Crippen LogP contribution in [0.15, 0.2) is 36.4 Å². The zero-order valence-electron chi connectivity index (χ0n) is 16.1. The van der Waals surface area contributed by atoms with Gasteiger partial charge >= 0.3 is 0 Å². The monoisotopic (exact) mass is 413 g/mol. The Morgan fingerprint density at radius 2 is 1.78 bits per heavy atom. The molecule has 2 aromatic rings. The Hall–Kier alpha value is -1.60. The molecule has 0 unspecified atom stereocenters. The molecule has 27 heavy (non-hydrogen) atoms. The van der Waals surface area contributed by atoms with Crippen molar-refractivity contribution in [3.05, 3.63) is 42.1 Å². The molecule has 0 spiro atoms. The number of hydrogen-bond acceptors (Lipinski definition) is 4. The summed E-state index contributed by atoms with van der Waals surface area (Å²) >= 11 is 0. The molecule has 0 saturated carbocycles. The quantitative estimate of drug-likeness (QED) is 0.808. The number of benzene rings is 1. The van der Waals surface area contributed by atoms with E-state index in [2.05, 4.69) is 36.3 Å². The Kier molecular flexibility index (Phi) is 8.75. The fraction of sp³-hybridized carbons (Fsp3) is 0.474. The van der Waals surface area contributed by atoms with Crippen LogP contribution in [0.3, 0.4) is 0 Å². The van der Waals surface area contributed by atoms with E-state index in [4.69, 9.17) is 5.10 Å². The van der Waals surface area contributed by atoms with Crippen LogP contribution in [0.4, 0.5) is 5.82 Å². The molecule has 6 nitrogen and oxygen atoms in total. The Balaban J connectivity index is 0.00000182. The molecular formula is C19H29Cl2N5O. The average Bonchev–Trinajstić information content (AvgIpc) is 3.00. The van der Waals surface area contributed by atoms with Crippen molar-refractivity contribution in [3.63, 3.8) is 0 Å². The van der Waals surface area contributed by atoms with E-state index in [1.54, 1.807) is 0 Å². The molecule has 3 rings (SSSR count). The van der Waals surface area contributed by atoms with Crippen molar-refractivity contribution < 1.29 is 4.79 Å². The van der Waals surface area contributed by atoms with Gasteiger partial charge in [0, 0.05) is 37.7 Å². The van der Waals surface area contributed by atoms with E-state index in [1.807, 2.05) is 41.1 Å². The summed E-state index contributed by atoms with van der Waals surface area (Å²) in [6, 6.07) is 11.9. The van der Waals surface area contributed by atoms with Crippen molar-refractivity contribution in [3.8, 4) is 5.69 Å². The fourth-order valence-corrected chi connectivity index (χ4v) is 2.86. The molecule has 2 heterocycles. The molecule has 0 radical (unpaired) electrons. The number of hydrogen-bond donors (Lipinski definition) is 2. The maximum absolute atomic E-state index is 12.5. The molecule has 150 valence electrons. The number of aromatic nitrogens is 2. The average molecular weight is 414 g/mol. The number of piperazine rings is 1. The van der Waals surface area contributed by atoms with E-state index >= 15 is 0 Å². The smallest absolute Gasteiger partial charge is 0.239 e. The van der Waals surface area contributed by atoms with Crippen molar-refractivity contribution in [1.82, 2.24) is 20.0 Å². The summed E-state index contributed by atoms with van der Waals surface area (Å²) in [6.45, 7) is 10.4. The van der Waals surface area contributed by atoms with Crippen LogP contribution >= 0.6 is 24.8 Å². The summed E-state index contributed by atoms with van der Waals surface area (Å²) in [5, 5.41) is 11.1. The molecule has 1 aromatic carbocycles. The van der Waals surface area contributed by atoms with Crippen LogP contribution in [-0.2, 0) is 10.2 Å². The first-order chi connectivity index (χ1) is 11.9. The van der Waals surface area contributed by atoms with Gasteiger partial charge < -0.3 is 10.6 Å². The van der Waals surface area contributed by atoms with Gasteiger partial charge in [-0.1, -0.05) is 39.0 Å². The second kappa shape index (κ2) is 10.1.